The highest BCUT2D eigenvalue weighted by molar-refractivity contribution is 5.79. The molecule has 0 bridgehead atoms. The van der Waals surface area contributed by atoms with Crippen molar-refractivity contribution in [3.8, 4) is 0 Å². The van der Waals surface area contributed by atoms with Crippen LogP contribution in [0.4, 0.5) is 0 Å². The van der Waals surface area contributed by atoms with E-state index in [9.17, 15) is 9.90 Å². The minimum atomic E-state index is 0.0403. The van der Waals surface area contributed by atoms with Gasteiger partial charge in [0.05, 0.1) is 19.2 Å². The molecule has 1 heterocycles. The van der Waals surface area contributed by atoms with E-state index < -0.39 is 0 Å². The second-order valence-electron chi connectivity index (χ2n) is 4.76. The lowest BCUT2D eigenvalue weighted by Crippen LogP contribution is -2.44. The molecule has 0 spiro atoms. The summed E-state index contributed by atoms with van der Waals surface area (Å²) in [6.45, 7) is 3.43. The monoisotopic (exact) mass is 212 g/mol. The number of amides is 1. The molecule has 2 rings (SSSR count). The van der Waals surface area contributed by atoms with Crippen molar-refractivity contribution >= 4 is 5.91 Å². The average molecular weight is 212 g/mol. The third-order valence-corrected chi connectivity index (χ3v) is 3.51. The van der Waals surface area contributed by atoms with Gasteiger partial charge >= 0.3 is 0 Å². The topological polar surface area (TPSA) is 52.6 Å². The maximum absolute atomic E-state index is 11.8. The Morgan fingerprint density at radius 1 is 1.47 bits per heavy atom. The van der Waals surface area contributed by atoms with Gasteiger partial charge in [0.15, 0.2) is 0 Å². The van der Waals surface area contributed by atoms with Gasteiger partial charge in [-0.3, -0.25) is 4.79 Å². The molecule has 15 heavy (non-hydrogen) atoms. The number of rotatable bonds is 4. The van der Waals surface area contributed by atoms with Crippen LogP contribution >= 0.6 is 0 Å². The molecule has 1 aliphatic heterocycles. The molecule has 0 aromatic rings. The van der Waals surface area contributed by atoms with Crippen molar-refractivity contribution in [3.63, 3.8) is 0 Å². The number of hydrogen-bond acceptors (Lipinski definition) is 3. The Kier molecular flexibility index (Phi) is 3.26. The molecule has 2 atom stereocenters. The van der Waals surface area contributed by atoms with Gasteiger partial charge in [-0.2, -0.15) is 0 Å². The van der Waals surface area contributed by atoms with Crippen molar-refractivity contribution in [2.75, 3.05) is 19.7 Å². The van der Waals surface area contributed by atoms with Crippen LogP contribution in [-0.4, -0.2) is 47.7 Å². The van der Waals surface area contributed by atoms with Crippen molar-refractivity contribution < 1.29 is 9.90 Å². The molecule has 2 fully saturated rings. The molecular weight excluding hydrogens is 192 g/mol. The zero-order chi connectivity index (χ0) is 10.8. The first kappa shape index (κ1) is 10.9. The van der Waals surface area contributed by atoms with E-state index >= 15 is 0 Å². The van der Waals surface area contributed by atoms with E-state index in [2.05, 4.69) is 12.2 Å². The molecule has 1 saturated heterocycles. The van der Waals surface area contributed by atoms with E-state index in [1.54, 1.807) is 0 Å². The van der Waals surface area contributed by atoms with Crippen LogP contribution in [-0.2, 0) is 4.79 Å². The fraction of sp³-hybridized carbons (Fsp3) is 0.909. The predicted molar refractivity (Wildman–Crippen MR) is 57.4 cm³/mol. The molecule has 2 N–H and O–H groups in total. The number of aliphatic hydroxyl groups excluding tert-OH is 1. The van der Waals surface area contributed by atoms with Gasteiger partial charge < -0.3 is 15.3 Å². The van der Waals surface area contributed by atoms with Gasteiger partial charge in [0, 0.05) is 12.6 Å². The normalized spacial score (nSPS) is 30.9. The molecule has 0 aromatic heterocycles. The minimum Gasteiger partial charge on any atom is -0.394 e. The molecule has 1 amide bonds. The molecule has 2 unspecified atom stereocenters. The van der Waals surface area contributed by atoms with Crippen LogP contribution in [0.2, 0.25) is 0 Å². The molecular formula is C11H20N2O2. The quantitative estimate of drug-likeness (QED) is 0.688. The summed E-state index contributed by atoms with van der Waals surface area (Å²) in [5.41, 5.74) is 0. The summed E-state index contributed by atoms with van der Waals surface area (Å²) < 4.78 is 0. The van der Waals surface area contributed by atoms with E-state index in [1.807, 2.05) is 4.90 Å². The number of carbonyl (C=O) groups excluding carboxylic acids is 1. The van der Waals surface area contributed by atoms with Crippen LogP contribution < -0.4 is 5.32 Å². The summed E-state index contributed by atoms with van der Waals surface area (Å²) in [7, 11) is 0. The van der Waals surface area contributed by atoms with Gasteiger partial charge in [-0.05, 0) is 25.2 Å². The number of likely N-dealkylation sites (tertiary alicyclic amines) is 1. The van der Waals surface area contributed by atoms with Crippen molar-refractivity contribution in [1.82, 2.24) is 10.2 Å². The standard InChI is InChI=1S/C11H20N2O2/c1-8-4-5-13(10(8)7-14)11(15)6-12-9-2-3-9/h8-10,12,14H,2-7H2,1H3. The third-order valence-electron chi connectivity index (χ3n) is 3.51. The van der Waals surface area contributed by atoms with Crippen LogP contribution in [0.1, 0.15) is 26.2 Å². The lowest BCUT2D eigenvalue weighted by atomic mass is 10.0. The smallest absolute Gasteiger partial charge is 0.236 e. The van der Waals surface area contributed by atoms with Crippen LogP contribution in [0.5, 0.6) is 0 Å². The maximum atomic E-state index is 11.8. The van der Waals surface area contributed by atoms with Gasteiger partial charge in [-0.1, -0.05) is 6.92 Å². The largest absolute Gasteiger partial charge is 0.394 e. The highest BCUT2D eigenvalue weighted by atomic mass is 16.3. The SMILES string of the molecule is CC1CCN(C(=O)CNC2CC2)C1CO. The van der Waals surface area contributed by atoms with Crippen molar-refractivity contribution in [3.05, 3.63) is 0 Å². The Hall–Kier alpha value is -0.610. The van der Waals surface area contributed by atoms with Crippen LogP contribution in [0, 0.1) is 5.92 Å². The first-order chi connectivity index (χ1) is 7.22. The Balaban J connectivity index is 1.82. The predicted octanol–water partition coefficient (Wildman–Crippen LogP) is -0.0323. The molecule has 0 radical (unpaired) electrons. The van der Waals surface area contributed by atoms with Gasteiger partial charge in [-0.25, -0.2) is 0 Å². The number of nitrogens with zero attached hydrogens (tertiary/aromatic N) is 1. The Morgan fingerprint density at radius 3 is 2.80 bits per heavy atom. The second-order valence-corrected chi connectivity index (χ2v) is 4.76. The molecule has 4 heteroatoms. The van der Waals surface area contributed by atoms with E-state index in [4.69, 9.17) is 0 Å². The zero-order valence-electron chi connectivity index (χ0n) is 9.28. The lowest BCUT2D eigenvalue weighted by molar-refractivity contribution is -0.132. The number of carbonyl (C=O) groups is 1. The van der Waals surface area contributed by atoms with Gasteiger partial charge in [-0.15, -0.1) is 0 Å². The summed E-state index contributed by atoms with van der Waals surface area (Å²) >= 11 is 0. The highest BCUT2D eigenvalue weighted by Gasteiger charge is 2.34. The van der Waals surface area contributed by atoms with E-state index in [0.29, 0.717) is 18.5 Å². The summed E-state index contributed by atoms with van der Waals surface area (Å²) in [5.74, 6) is 0.574. The molecule has 4 nitrogen and oxygen atoms in total. The number of aliphatic hydroxyl groups is 1. The van der Waals surface area contributed by atoms with Crippen LogP contribution in [0.3, 0.4) is 0 Å². The number of nitrogens with one attached hydrogen (secondary N) is 1. The van der Waals surface area contributed by atoms with E-state index in [-0.39, 0.29) is 18.6 Å². The lowest BCUT2D eigenvalue weighted by Gasteiger charge is -2.25. The highest BCUT2D eigenvalue weighted by Crippen LogP contribution is 2.24. The van der Waals surface area contributed by atoms with Crippen LogP contribution in [0.25, 0.3) is 0 Å². The molecule has 1 saturated carbocycles. The van der Waals surface area contributed by atoms with Crippen molar-refractivity contribution in [1.29, 1.82) is 0 Å². The second kappa shape index (κ2) is 4.49. The van der Waals surface area contributed by atoms with Gasteiger partial charge in [0.25, 0.3) is 0 Å². The zero-order valence-corrected chi connectivity index (χ0v) is 9.28. The first-order valence-corrected chi connectivity index (χ1v) is 5.86. The summed E-state index contributed by atoms with van der Waals surface area (Å²) in [6, 6.07) is 0.611. The first-order valence-electron chi connectivity index (χ1n) is 5.86. The Morgan fingerprint density at radius 2 is 2.20 bits per heavy atom. The molecule has 2 aliphatic rings. The van der Waals surface area contributed by atoms with E-state index in [0.717, 1.165) is 13.0 Å². The van der Waals surface area contributed by atoms with E-state index in [1.165, 1.54) is 12.8 Å². The summed E-state index contributed by atoms with van der Waals surface area (Å²) in [5, 5.41) is 12.5. The summed E-state index contributed by atoms with van der Waals surface area (Å²) in [6.07, 6.45) is 3.42. The van der Waals surface area contributed by atoms with Gasteiger partial charge in [0.2, 0.25) is 5.91 Å². The Bertz CT molecular complexity index is 241. The fourth-order valence-corrected chi connectivity index (χ4v) is 2.22. The van der Waals surface area contributed by atoms with Crippen LogP contribution in [0.15, 0.2) is 0 Å². The molecule has 86 valence electrons. The number of hydrogen-bond donors (Lipinski definition) is 2. The third kappa shape index (κ3) is 2.49. The fourth-order valence-electron chi connectivity index (χ4n) is 2.22. The van der Waals surface area contributed by atoms with Gasteiger partial charge in [0.1, 0.15) is 0 Å². The molecule has 1 aliphatic carbocycles. The van der Waals surface area contributed by atoms with Crippen molar-refractivity contribution in [2.24, 2.45) is 5.92 Å². The van der Waals surface area contributed by atoms with Crippen molar-refractivity contribution in [2.45, 2.75) is 38.3 Å². The maximum Gasteiger partial charge on any atom is 0.236 e. The summed E-state index contributed by atoms with van der Waals surface area (Å²) in [4.78, 5) is 13.7. The Labute approximate surface area is 90.6 Å². The minimum absolute atomic E-state index is 0.0403. The average Bonchev–Trinajstić information content (AvgIpc) is 2.98. The molecule has 0 aromatic carbocycles.